The summed E-state index contributed by atoms with van der Waals surface area (Å²) in [6, 6.07) is -28.6. The lowest BCUT2D eigenvalue weighted by molar-refractivity contribution is 0.662. The van der Waals surface area contributed by atoms with Crippen LogP contribution in [-0.4, -0.2) is 0 Å². The molecule has 1 nitrogen and oxygen atoms in total. The molecule has 1 aromatic heterocycles. The number of rotatable bonds is 3. The van der Waals surface area contributed by atoms with Crippen LogP contribution in [-0.2, 0) is 5.41 Å². The quantitative estimate of drug-likeness (QED) is 0.168. The zero-order valence-corrected chi connectivity index (χ0v) is 26.0. The van der Waals surface area contributed by atoms with E-state index < -0.39 is 298 Å². The highest BCUT2D eigenvalue weighted by Crippen LogP contribution is 2.52. The van der Waals surface area contributed by atoms with Crippen molar-refractivity contribution in [3.05, 3.63) is 180 Å². The van der Waals surface area contributed by atoms with Crippen molar-refractivity contribution in [3.8, 4) is 44.5 Å². The Bertz CT molecular complexity index is 4770. The minimum absolute atomic E-state index is 0.481. The molecule has 1 atom stereocenters. The molecule has 0 radical (unpaired) electrons. The zero-order valence-electron chi connectivity index (χ0n) is 59.0. The van der Waals surface area contributed by atoms with Crippen LogP contribution < -0.4 is 0 Å². The van der Waals surface area contributed by atoms with Gasteiger partial charge in [0.2, 0.25) is 0 Å². The summed E-state index contributed by atoms with van der Waals surface area (Å²) in [7, 11) is 0. The summed E-state index contributed by atoms with van der Waals surface area (Å²) in [6.45, 7) is -6.49. The van der Waals surface area contributed by atoms with E-state index in [1.165, 1.54) is 0 Å². The highest BCUT2D eigenvalue weighted by atomic mass is 16.3. The van der Waals surface area contributed by atoms with Gasteiger partial charge in [0.1, 0.15) is 11.2 Å². The molecule has 0 amide bonds. The lowest BCUT2D eigenvalue weighted by atomic mass is 9.78. The average Bonchev–Trinajstić information content (AvgIpc) is 1.62. The molecule has 1 unspecified atom stereocenters. The fraction of sp³-hybridized carbons (Fsp3) is 0.0588. The number of fused-ring (bicyclic) bond motifs is 9. The third kappa shape index (κ3) is 4.11. The van der Waals surface area contributed by atoms with Gasteiger partial charge in [0.05, 0.1) is 38.4 Å². The molecule has 0 N–H and O–H groups in total. The molecule has 0 fully saturated rings. The monoisotopic (exact) mass is 695 g/mol. The highest BCUT2D eigenvalue weighted by Gasteiger charge is 2.37. The lowest BCUT2D eigenvalue weighted by Gasteiger charge is -2.24. The molecule has 9 aromatic carbocycles. The Morgan fingerprint density at radius 1 is 0.442 bits per heavy atom. The van der Waals surface area contributed by atoms with Crippen LogP contribution in [0, 0.1) is 0 Å². The summed E-state index contributed by atoms with van der Waals surface area (Å²) in [6.07, 6.45) is 0. The Hall–Kier alpha value is -6.44. The summed E-state index contributed by atoms with van der Waals surface area (Å²) >= 11 is 0. The summed E-state index contributed by atoms with van der Waals surface area (Å²) in [5, 5.41) is -5.44. The first-order valence-corrected chi connectivity index (χ1v) is 15.4. The summed E-state index contributed by atoms with van der Waals surface area (Å²) < 4.78 is 307. The predicted molar refractivity (Wildman–Crippen MR) is 220 cm³/mol. The van der Waals surface area contributed by atoms with Crippen molar-refractivity contribution in [3.63, 3.8) is 0 Å². The molecule has 11 rings (SSSR count). The van der Waals surface area contributed by atoms with Gasteiger partial charge < -0.3 is 4.42 Å². The van der Waals surface area contributed by atoms with Crippen molar-refractivity contribution in [2.24, 2.45) is 0 Å². The second-order valence-corrected chi connectivity index (χ2v) is 11.8. The second kappa shape index (κ2) is 10.8. The Morgan fingerprint density at radius 2 is 1.00 bits per heavy atom. The molecule has 0 aliphatic heterocycles. The maximum atomic E-state index is 9.89. The van der Waals surface area contributed by atoms with Crippen LogP contribution >= 0.6 is 0 Å². The van der Waals surface area contributed by atoms with Gasteiger partial charge in [-0.15, -0.1) is 0 Å². The van der Waals surface area contributed by atoms with Crippen LogP contribution in [0.5, 0.6) is 0 Å². The molecule has 52 heavy (non-hydrogen) atoms. The SMILES string of the molecule is [2H]c1c([2H])c([2H])c2c(c1[2H])-c1c([2H])c([2H])c([2H])c(-c3c([2H])c([2H])c(-c4c5c([2H])c([2H])c([2H])c([2H])c5c(-c5c([2H])c([2H])c6oc7c([2H])c8c([2H])c([2H])c([2H])c([2H])c8c([2H])c7c6c5[2H])c5c([2H])c([2H])c([2H])c([2H])c45)c([2H])c3[2H])c1C2(C([2H])[2H])C([2H])([2H])[2H]. The molecule has 0 saturated heterocycles. The fourth-order valence-corrected chi connectivity index (χ4v) is 6.77. The van der Waals surface area contributed by atoms with Crippen LogP contribution in [0.3, 0.4) is 0 Å². The fourth-order valence-electron chi connectivity index (χ4n) is 6.77. The number of hydrogen-bond donors (Lipinski definition) is 0. The van der Waals surface area contributed by atoms with Crippen molar-refractivity contribution in [2.45, 2.75) is 19.1 Å². The third-order valence-electron chi connectivity index (χ3n) is 8.99. The molecule has 1 heterocycles. The highest BCUT2D eigenvalue weighted by molar-refractivity contribution is 6.22. The van der Waals surface area contributed by atoms with E-state index in [2.05, 4.69) is 0 Å². The standard InChI is InChI=1S/C51H34O/c1-51(2)45-21-10-9-14-37(45)42-20-11-19-36(50(42)51)31-22-24-32(25-23-31)48-38-15-5-7-17-40(38)49(41-18-8-6-16-39(41)48)35-26-27-46-43(29-35)44-28-33-12-3-4-13-34(33)30-47(44)52-46/h3-30H,1-2H3/i1D2,2D3,3D,4D,5D,6D,7D,8D,9D,10D,11D,12D,13D,14D,15D,16D,17D,18D,19D,20D,21D,22D,23D,24D,25D,26D,27D,28D,29D,30D. The molecule has 10 aromatic rings. The van der Waals surface area contributed by atoms with Gasteiger partial charge in [-0.25, -0.2) is 0 Å². The molecule has 0 bridgehead atoms. The maximum absolute atomic E-state index is 9.89. The molecule has 0 saturated carbocycles. The van der Waals surface area contributed by atoms with E-state index in [0.29, 0.717) is 0 Å². The topological polar surface area (TPSA) is 13.1 Å². The molecule has 1 aliphatic carbocycles. The van der Waals surface area contributed by atoms with Crippen molar-refractivity contribution >= 4 is 54.3 Å². The largest absolute Gasteiger partial charge is 0.456 e. The maximum Gasteiger partial charge on any atom is 0.136 e. The first-order valence-electron chi connectivity index (χ1n) is 32.1. The van der Waals surface area contributed by atoms with E-state index in [1.54, 1.807) is 0 Å². The van der Waals surface area contributed by atoms with Gasteiger partial charge in [0, 0.05) is 23.0 Å². The Balaban J connectivity index is 1.35. The first-order chi connectivity index (χ1) is 39.4. The van der Waals surface area contributed by atoms with Crippen LogP contribution in [0.1, 0.15) is 70.1 Å². The van der Waals surface area contributed by atoms with E-state index in [4.69, 9.17) is 31.8 Å². The summed E-state index contributed by atoms with van der Waals surface area (Å²) in [4.78, 5) is 0. The normalized spacial score (nSPS) is 24.4. The van der Waals surface area contributed by atoms with Crippen molar-refractivity contribution in [2.75, 3.05) is 0 Å². The minimum atomic E-state index is -3.74. The van der Waals surface area contributed by atoms with Crippen LogP contribution in [0.2, 0.25) is 0 Å². The Kier molecular flexibility index (Phi) is 2.39. The molecular formula is C51H34O. The number of furan rings is 1. The van der Waals surface area contributed by atoms with Gasteiger partial charge in [-0.2, -0.15) is 0 Å². The van der Waals surface area contributed by atoms with Crippen molar-refractivity contribution < 1.29 is 49.7 Å². The number of hydrogen-bond acceptors (Lipinski definition) is 1. The zero-order chi connectivity index (χ0) is 63.0. The molecular weight excluding hydrogens is 629 g/mol. The van der Waals surface area contributed by atoms with Crippen molar-refractivity contribution in [1.29, 1.82) is 0 Å². The van der Waals surface area contributed by atoms with Gasteiger partial charge in [-0.05, 0) is 112 Å². The second-order valence-electron chi connectivity index (χ2n) is 11.8. The van der Waals surface area contributed by atoms with Gasteiger partial charge in [0.25, 0.3) is 0 Å². The summed E-state index contributed by atoms with van der Waals surface area (Å²) in [5.74, 6) is 0. The van der Waals surface area contributed by atoms with Gasteiger partial charge in [0.15, 0.2) is 0 Å². The number of benzene rings is 9. The molecule has 1 aliphatic rings. The first kappa shape index (κ1) is 11.5. The van der Waals surface area contributed by atoms with E-state index >= 15 is 0 Å². The van der Waals surface area contributed by atoms with Crippen LogP contribution in [0.15, 0.2) is 174 Å². The molecule has 244 valence electrons. The van der Waals surface area contributed by atoms with Gasteiger partial charge in [-0.1, -0.05) is 159 Å². The smallest absolute Gasteiger partial charge is 0.136 e. The third-order valence-corrected chi connectivity index (χ3v) is 8.99. The van der Waals surface area contributed by atoms with Crippen LogP contribution in [0.4, 0.5) is 0 Å². The molecule has 1 heteroatoms. The Labute approximate surface area is 348 Å². The van der Waals surface area contributed by atoms with Crippen LogP contribution in [0.25, 0.3) is 98.8 Å². The molecule has 0 spiro atoms. The minimum Gasteiger partial charge on any atom is -0.456 e. The van der Waals surface area contributed by atoms with E-state index in [-0.39, 0.29) is 0 Å². The van der Waals surface area contributed by atoms with Gasteiger partial charge in [-0.3, -0.25) is 0 Å². The van der Waals surface area contributed by atoms with E-state index in [1.807, 2.05) is 0 Å². The van der Waals surface area contributed by atoms with Crippen molar-refractivity contribution in [1.82, 2.24) is 0 Å². The Morgan fingerprint density at radius 3 is 1.71 bits per heavy atom. The lowest BCUT2D eigenvalue weighted by Crippen LogP contribution is -2.16. The summed E-state index contributed by atoms with van der Waals surface area (Å²) in [5.41, 5.74) is -13.7. The van der Waals surface area contributed by atoms with Gasteiger partial charge >= 0.3 is 0 Å². The average molecular weight is 696 g/mol. The predicted octanol–water partition coefficient (Wildman–Crippen LogP) is 14.4. The van der Waals surface area contributed by atoms with E-state index in [9.17, 15) is 17.8 Å². The van der Waals surface area contributed by atoms with E-state index in [0.717, 1.165) is 0 Å².